The lowest BCUT2D eigenvalue weighted by molar-refractivity contribution is -0.139. The van der Waals surface area contributed by atoms with Crippen LogP contribution in [0.2, 0.25) is 5.02 Å². The first-order valence-electron chi connectivity index (χ1n) is 5.09. The first kappa shape index (κ1) is 11.4. The van der Waals surface area contributed by atoms with Crippen molar-refractivity contribution in [1.29, 1.82) is 0 Å². The Balaban J connectivity index is 2.33. The van der Waals surface area contributed by atoms with Gasteiger partial charge in [-0.2, -0.15) is 0 Å². The summed E-state index contributed by atoms with van der Waals surface area (Å²) < 4.78 is 0. The Hall–Kier alpha value is -1.10. The second-order valence-electron chi connectivity index (χ2n) is 3.97. The quantitative estimate of drug-likeness (QED) is 0.731. The third-order valence-electron chi connectivity index (χ3n) is 2.86. The van der Waals surface area contributed by atoms with Crippen LogP contribution in [0.25, 0.3) is 0 Å². The standard InChI is InChI=1S/C11H13ClN2O2/c1-6-9(10(11(15)16)14-13-6)7-3-2-4-8(12)5-7/h2-6,9-10,13-14H,1H3,(H,15,16). The van der Waals surface area contributed by atoms with Gasteiger partial charge in [0.1, 0.15) is 6.04 Å². The number of aliphatic carboxylic acids is 1. The van der Waals surface area contributed by atoms with Crippen LogP contribution in [0.15, 0.2) is 24.3 Å². The van der Waals surface area contributed by atoms with Crippen molar-refractivity contribution in [2.45, 2.75) is 24.9 Å². The number of carbonyl (C=O) groups is 1. The van der Waals surface area contributed by atoms with E-state index in [1.807, 2.05) is 25.1 Å². The normalized spacial score (nSPS) is 29.2. The zero-order chi connectivity index (χ0) is 11.7. The number of rotatable bonds is 2. The fraction of sp³-hybridized carbons (Fsp3) is 0.364. The molecule has 16 heavy (non-hydrogen) atoms. The molecule has 3 atom stereocenters. The third-order valence-corrected chi connectivity index (χ3v) is 3.10. The topological polar surface area (TPSA) is 61.4 Å². The van der Waals surface area contributed by atoms with Crippen molar-refractivity contribution in [1.82, 2.24) is 10.9 Å². The van der Waals surface area contributed by atoms with Crippen LogP contribution in [0.4, 0.5) is 0 Å². The fourth-order valence-corrected chi connectivity index (χ4v) is 2.30. The molecule has 0 bridgehead atoms. The predicted molar refractivity (Wildman–Crippen MR) is 61.4 cm³/mol. The van der Waals surface area contributed by atoms with E-state index in [0.717, 1.165) is 5.56 Å². The monoisotopic (exact) mass is 240 g/mol. The van der Waals surface area contributed by atoms with Crippen LogP contribution >= 0.6 is 11.6 Å². The van der Waals surface area contributed by atoms with Gasteiger partial charge < -0.3 is 5.11 Å². The van der Waals surface area contributed by atoms with E-state index in [-0.39, 0.29) is 12.0 Å². The molecule has 0 aliphatic carbocycles. The van der Waals surface area contributed by atoms with Gasteiger partial charge in [0.2, 0.25) is 0 Å². The van der Waals surface area contributed by atoms with Crippen molar-refractivity contribution >= 4 is 17.6 Å². The first-order chi connectivity index (χ1) is 7.59. The highest BCUT2D eigenvalue weighted by Crippen LogP contribution is 2.28. The van der Waals surface area contributed by atoms with E-state index in [4.69, 9.17) is 16.7 Å². The highest BCUT2D eigenvalue weighted by molar-refractivity contribution is 6.30. The molecule has 0 aromatic heterocycles. The van der Waals surface area contributed by atoms with Crippen molar-refractivity contribution in [3.63, 3.8) is 0 Å². The lowest BCUT2D eigenvalue weighted by Crippen LogP contribution is -2.38. The highest BCUT2D eigenvalue weighted by Gasteiger charge is 2.38. The largest absolute Gasteiger partial charge is 0.480 e. The maximum absolute atomic E-state index is 11.1. The summed E-state index contributed by atoms with van der Waals surface area (Å²) in [5, 5.41) is 9.72. The van der Waals surface area contributed by atoms with Crippen molar-refractivity contribution in [2.24, 2.45) is 0 Å². The molecular formula is C11H13ClN2O2. The molecule has 2 rings (SSSR count). The molecule has 0 spiro atoms. The Morgan fingerprint density at radius 2 is 2.19 bits per heavy atom. The van der Waals surface area contributed by atoms with E-state index in [0.29, 0.717) is 5.02 Å². The van der Waals surface area contributed by atoms with Gasteiger partial charge in [-0.15, -0.1) is 0 Å². The van der Waals surface area contributed by atoms with Crippen LogP contribution in [0.3, 0.4) is 0 Å². The smallest absolute Gasteiger partial charge is 0.322 e. The molecule has 1 heterocycles. The van der Waals surface area contributed by atoms with E-state index >= 15 is 0 Å². The predicted octanol–water partition coefficient (Wildman–Crippen LogP) is 1.37. The van der Waals surface area contributed by atoms with Crippen LogP contribution in [0.5, 0.6) is 0 Å². The number of carboxylic acids is 1. The van der Waals surface area contributed by atoms with Crippen molar-refractivity contribution in [3.8, 4) is 0 Å². The van der Waals surface area contributed by atoms with Crippen molar-refractivity contribution in [3.05, 3.63) is 34.9 Å². The molecule has 3 unspecified atom stereocenters. The molecule has 4 nitrogen and oxygen atoms in total. The molecule has 0 amide bonds. The molecule has 1 aromatic carbocycles. The Labute approximate surface area is 98.6 Å². The third kappa shape index (κ3) is 2.04. The van der Waals surface area contributed by atoms with Gasteiger partial charge in [0.25, 0.3) is 0 Å². The van der Waals surface area contributed by atoms with E-state index in [2.05, 4.69) is 10.9 Å². The van der Waals surface area contributed by atoms with E-state index < -0.39 is 12.0 Å². The Kier molecular flexibility index (Phi) is 3.14. The first-order valence-corrected chi connectivity index (χ1v) is 5.46. The molecule has 1 saturated heterocycles. The van der Waals surface area contributed by atoms with Crippen LogP contribution in [0, 0.1) is 0 Å². The van der Waals surface area contributed by atoms with E-state index in [9.17, 15) is 4.79 Å². The molecule has 0 radical (unpaired) electrons. The summed E-state index contributed by atoms with van der Waals surface area (Å²) in [6.45, 7) is 1.95. The average molecular weight is 241 g/mol. The lowest BCUT2D eigenvalue weighted by Gasteiger charge is -2.18. The Morgan fingerprint density at radius 1 is 1.44 bits per heavy atom. The van der Waals surface area contributed by atoms with Gasteiger partial charge in [0.15, 0.2) is 0 Å². The van der Waals surface area contributed by atoms with E-state index in [1.54, 1.807) is 6.07 Å². The lowest BCUT2D eigenvalue weighted by atomic mass is 9.88. The molecule has 1 fully saturated rings. The van der Waals surface area contributed by atoms with Crippen molar-refractivity contribution in [2.75, 3.05) is 0 Å². The van der Waals surface area contributed by atoms with Gasteiger partial charge in [0, 0.05) is 17.0 Å². The minimum absolute atomic E-state index is 0.0552. The molecule has 0 saturated carbocycles. The number of hydrogen-bond donors (Lipinski definition) is 3. The maximum Gasteiger partial charge on any atom is 0.322 e. The molecule has 3 N–H and O–H groups in total. The maximum atomic E-state index is 11.1. The zero-order valence-corrected chi connectivity index (χ0v) is 9.53. The number of hydrogen-bond acceptors (Lipinski definition) is 3. The second kappa shape index (κ2) is 4.41. The fourth-order valence-electron chi connectivity index (χ4n) is 2.10. The van der Waals surface area contributed by atoms with Gasteiger partial charge >= 0.3 is 5.97 Å². The number of benzene rings is 1. The minimum atomic E-state index is -0.859. The zero-order valence-electron chi connectivity index (χ0n) is 8.77. The summed E-state index contributed by atoms with van der Waals surface area (Å²) in [6, 6.07) is 6.77. The number of carboxylic acid groups (broad SMARTS) is 1. The SMILES string of the molecule is CC1NNC(C(=O)O)C1c1cccc(Cl)c1. The summed E-state index contributed by atoms with van der Waals surface area (Å²) in [5.41, 5.74) is 6.66. The van der Waals surface area contributed by atoms with Crippen LogP contribution in [-0.4, -0.2) is 23.2 Å². The van der Waals surface area contributed by atoms with Gasteiger partial charge in [-0.1, -0.05) is 23.7 Å². The number of halogens is 1. The van der Waals surface area contributed by atoms with E-state index in [1.165, 1.54) is 0 Å². The minimum Gasteiger partial charge on any atom is -0.480 e. The second-order valence-corrected chi connectivity index (χ2v) is 4.41. The molecule has 1 aliphatic heterocycles. The van der Waals surface area contributed by atoms with Gasteiger partial charge in [-0.3, -0.25) is 10.2 Å². The molecule has 5 heteroatoms. The summed E-state index contributed by atoms with van der Waals surface area (Å²) in [4.78, 5) is 11.1. The Morgan fingerprint density at radius 3 is 2.81 bits per heavy atom. The molecule has 1 aromatic rings. The van der Waals surface area contributed by atoms with Crippen molar-refractivity contribution < 1.29 is 9.90 Å². The van der Waals surface area contributed by atoms with Crippen LogP contribution in [-0.2, 0) is 4.79 Å². The molecule has 1 aliphatic rings. The highest BCUT2D eigenvalue weighted by atomic mass is 35.5. The number of hydrazine groups is 1. The van der Waals surface area contributed by atoms with Gasteiger partial charge in [-0.25, -0.2) is 5.43 Å². The summed E-state index contributed by atoms with van der Waals surface area (Å²) >= 11 is 5.91. The number of nitrogens with one attached hydrogen (secondary N) is 2. The molecular weight excluding hydrogens is 228 g/mol. The average Bonchev–Trinajstić information content (AvgIpc) is 2.60. The van der Waals surface area contributed by atoms with Crippen LogP contribution in [0.1, 0.15) is 18.4 Å². The summed E-state index contributed by atoms with van der Waals surface area (Å²) in [6.07, 6.45) is 0. The summed E-state index contributed by atoms with van der Waals surface area (Å²) in [5.74, 6) is -0.974. The Bertz CT molecular complexity index is 411. The van der Waals surface area contributed by atoms with Crippen LogP contribution < -0.4 is 10.9 Å². The van der Waals surface area contributed by atoms with Gasteiger partial charge in [-0.05, 0) is 24.6 Å². The molecule has 86 valence electrons. The van der Waals surface area contributed by atoms with Gasteiger partial charge in [0.05, 0.1) is 0 Å². The summed E-state index contributed by atoms with van der Waals surface area (Å²) in [7, 11) is 0.